The highest BCUT2D eigenvalue weighted by atomic mass is 79.9. The first-order valence-electron chi connectivity index (χ1n) is 5.62. The molecule has 1 atom stereocenters. The van der Waals surface area contributed by atoms with Gasteiger partial charge in [-0.15, -0.1) is 0 Å². The van der Waals surface area contributed by atoms with Crippen LogP contribution in [0.4, 0.5) is 8.78 Å². The maximum absolute atomic E-state index is 13.8. The van der Waals surface area contributed by atoms with Gasteiger partial charge in [-0.05, 0) is 42.3 Å². The van der Waals surface area contributed by atoms with Gasteiger partial charge in [0, 0.05) is 20.6 Å². The van der Waals surface area contributed by atoms with Gasteiger partial charge in [0.1, 0.15) is 11.6 Å². The van der Waals surface area contributed by atoms with Crippen molar-refractivity contribution in [3.8, 4) is 0 Å². The summed E-state index contributed by atoms with van der Waals surface area (Å²) in [5, 5.41) is 0. The molecular weight excluding hydrogens is 380 g/mol. The number of halogens is 4. The lowest BCUT2D eigenvalue weighted by atomic mass is 9.99. The minimum Gasteiger partial charge on any atom is -0.324 e. The van der Waals surface area contributed by atoms with E-state index in [0.29, 0.717) is 16.5 Å². The molecule has 1 unspecified atom stereocenters. The third-order valence-corrected chi connectivity index (χ3v) is 4.08. The van der Waals surface area contributed by atoms with Crippen molar-refractivity contribution in [1.29, 1.82) is 0 Å². The Morgan fingerprint density at radius 1 is 1.05 bits per heavy atom. The zero-order valence-electron chi connectivity index (χ0n) is 9.84. The normalized spacial score (nSPS) is 12.5. The first kappa shape index (κ1) is 14.6. The van der Waals surface area contributed by atoms with Crippen molar-refractivity contribution in [3.63, 3.8) is 0 Å². The summed E-state index contributed by atoms with van der Waals surface area (Å²) in [6.07, 6.45) is 0.358. The van der Waals surface area contributed by atoms with Crippen LogP contribution in [0.1, 0.15) is 17.2 Å². The lowest BCUT2D eigenvalue weighted by Gasteiger charge is -2.14. The van der Waals surface area contributed by atoms with Gasteiger partial charge in [-0.1, -0.05) is 37.9 Å². The summed E-state index contributed by atoms with van der Waals surface area (Å²) in [4.78, 5) is 0. The topological polar surface area (TPSA) is 26.0 Å². The standard InChI is InChI=1S/C14H11Br2F2N/c15-9-1-3-11(13(18)7-9)14(19)6-8-5-10(17)2-4-12(8)16/h1-5,7,14H,6,19H2. The lowest BCUT2D eigenvalue weighted by molar-refractivity contribution is 0.577. The smallest absolute Gasteiger partial charge is 0.129 e. The van der Waals surface area contributed by atoms with Gasteiger partial charge < -0.3 is 5.73 Å². The Morgan fingerprint density at radius 2 is 1.79 bits per heavy atom. The molecule has 2 rings (SSSR count). The van der Waals surface area contributed by atoms with Gasteiger partial charge >= 0.3 is 0 Å². The first-order chi connectivity index (χ1) is 8.97. The van der Waals surface area contributed by atoms with Gasteiger partial charge in [-0.3, -0.25) is 0 Å². The minimum absolute atomic E-state index is 0.332. The number of benzene rings is 2. The molecule has 0 aromatic heterocycles. The molecule has 100 valence electrons. The third kappa shape index (κ3) is 3.61. The van der Waals surface area contributed by atoms with Gasteiger partial charge in [0.05, 0.1) is 0 Å². The highest BCUT2D eigenvalue weighted by Crippen LogP contribution is 2.26. The molecule has 2 N–H and O–H groups in total. The van der Waals surface area contributed by atoms with E-state index in [9.17, 15) is 8.78 Å². The van der Waals surface area contributed by atoms with Crippen LogP contribution in [0.5, 0.6) is 0 Å². The lowest BCUT2D eigenvalue weighted by Crippen LogP contribution is -2.15. The second-order valence-electron chi connectivity index (χ2n) is 4.21. The molecule has 5 heteroatoms. The fourth-order valence-electron chi connectivity index (χ4n) is 1.85. The monoisotopic (exact) mass is 389 g/mol. The summed E-state index contributed by atoms with van der Waals surface area (Å²) in [7, 11) is 0. The molecule has 0 heterocycles. The average molecular weight is 391 g/mol. The molecule has 0 radical (unpaired) electrons. The molecular formula is C14H11Br2F2N. The summed E-state index contributed by atoms with van der Waals surface area (Å²) in [5.41, 5.74) is 7.13. The van der Waals surface area contributed by atoms with Gasteiger partial charge in [0.15, 0.2) is 0 Å². The highest BCUT2D eigenvalue weighted by Gasteiger charge is 2.14. The van der Waals surface area contributed by atoms with Crippen molar-refractivity contribution < 1.29 is 8.78 Å². The van der Waals surface area contributed by atoms with Crippen molar-refractivity contribution in [2.24, 2.45) is 5.73 Å². The van der Waals surface area contributed by atoms with Gasteiger partial charge in [0.25, 0.3) is 0 Å². The Morgan fingerprint density at radius 3 is 2.47 bits per heavy atom. The second-order valence-corrected chi connectivity index (χ2v) is 5.98. The van der Waals surface area contributed by atoms with Crippen LogP contribution in [0.3, 0.4) is 0 Å². The van der Waals surface area contributed by atoms with E-state index in [1.165, 1.54) is 18.2 Å². The third-order valence-electron chi connectivity index (χ3n) is 2.81. The van der Waals surface area contributed by atoms with Crippen molar-refractivity contribution in [2.75, 3.05) is 0 Å². The SMILES string of the molecule is NC(Cc1cc(F)ccc1Br)c1ccc(Br)cc1F. The van der Waals surface area contributed by atoms with E-state index in [1.54, 1.807) is 18.2 Å². The van der Waals surface area contributed by atoms with Crippen LogP contribution >= 0.6 is 31.9 Å². The molecule has 0 aliphatic carbocycles. The summed E-state index contributed by atoms with van der Waals surface area (Å²) >= 11 is 6.53. The number of nitrogens with two attached hydrogens (primary N) is 1. The molecule has 2 aromatic carbocycles. The van der Waals surface area contributed by atoms with Crippen LogP contribution in [0.25, 0.3) is 0 Å². The molecule has 0 saturated heterocycles. The van der Waals surface area contributed by atoms with E-state index in [1.807, 2.05) is 0 Å². The van der Waals surface area contributed by atoms with Crippen LogP contribution in [0, 0.1) is 11.6 Å². The van der Waals surface area contributed by atoms with E-state index in [4.69, 9.17) is 5.73 Å². The quantitative estimate of drug-likeness (QED) is 0.805. The molecule has 0 fully saturated rings. The summed E-state index contributed by atoms with van der Waals surface area (Å²) in [5.74, 6) is -0.698. The number of hydrogen-bond acceptors (Lipinski definition) is 1. The molecule has 2 aromatic rings. The Kier molecular flexibility index (Phi) is 4.71. The number of rotatable bonds is 3. The molecule has 0 aliphatic rings. The van der Waals surface area contributed by atoms with Crippen LogP contribution in [0.2, 0.25) is 0 Å². The Hall–Kier alpha value is -0.780. The summed E-state index contributed by atoms with van der Waals surface area (Å²) < 4.78 is 28.4. The fraction of sp³-hybridized carbons (Fsp3) is 0.143. The van der Waals surface area contributed by atoms with Gasteiger partial charge in [-0.2, -0.15) is 0 Å². The fourth-order valence-corrected chi connectivity index (χ4v) is 2.59. The Bertz CT molecular complexity index is 602. The van der Waals surface area contributed by atoms with E-state index >= 15 is 0 Å². The maximum Gasteiger partial charge on any atom is 0.129 e. The molecule has 0 aliphatic heterocycles. The zero-order valence-corrected chi connectivity index (χ0v) is 13.0. The second kappa shape index (κ2) is 6.11. The molecule has 0 spiro atoms. The van der Waals surface area contributed by atoms with Crippen LogP contribution in [-0.2, 0) is 6.42 Å². The largest absolute Gasteiger partial charge is 0.324 e. The first-order valence-corrected chi connectivity index (χ1v) is 7.20. The molecule has 19 heavy (non-hydrogen) atoms. The highest BCUT2D eigenvalue weighted by molar-refractivity contribution is 9.10. The van der Waals surface area contributed by atoms with E-state index < -0.39 is 6.04 Å². The van der Waals surface area contributed by atoms with Gasteiger partial charge in [-0.25, -0.2) is 8.78 Å². The van der Waals surface area contributed by atoms with Gasteiger partial charge in [0.2, 0.25) is 0 Å². The van der Waals surface area contributed by atoms with Crippen LogP contribution in [0.15, 0.2) is 45.3 Å². The van der Waals surface area contributed by atoms with Crippen molar-refractivity contribution in [1.82, 2.24) is 0 Å². The minimum atomic E-state index is -0.522. The molecule has 0 bridgehead atoms. The predicted molar refractivity (Wildman–Crippen MR) is 78.8 cm³/mol. The maximum atomic E-state index is 13.8. The van der Waals surface area contributed by atoms with Crippen molar-refractivity contribution in [2.45, 2.75) is 12.5 Å². The summed E-state index contributed by atoms with van der Waals surface area (Å²) in [6.45, 7) is 0. The predicted octanol–water partition coefficient (Wildman–Crippen LogP) is 4.73. The van der Waals surface area contributed by atoms with E-state index in [2.05, 4.69) is 31.9 Å². The van der Waals surface area contributed by atoms with E-state index in [-0.39, 0.29) is 11.6 Å². The zero-order chi connectivity index (χ0) is 14.0. The Labute approximate surface area is 127 Å². The van der Waals surface area contributed by atoms with Crippen molar-refractivity contribution in [3.05, 3.63) is 68.1 Å². The number of hydrogen-bond donors (Lipinski definition) is 1. The summed E-state index contributed by atoms with van der Waals surface area (Å²) in [6, 6.07) is 8.60. The average Bonchev–Trinajstić information content (AvgIpc) is 2.33. The van der Waals surface area contributed by atoms with Crippen molar-refractivity contribution >= 4 is 31.9 Å². The van der Waals surface area contributed by atoms with E-state index in [0.717, 1.165) is 10.0 Å². The van der Waals surface area contributed by atoms with Crippen LogP contribution in [-0.4, -0.2) is 0 Å². The Balaban J connectivity index is 2.25. The molecule has 0 saturated carbocycles. The van der Waals surface area contributed by atoms with Crippen LogP contribution < -0.4 is 5.73 Å². The molecule has 1 nitrogen and oxygen atoms in total. The molecule has 0 amide bonds.